The highest BCUT2D eigenvalue weighted by atomic mass is 79.9. The van der Waals surface area contributed by atoms with Gasteiger partial charge in [0, 0.05) is 13.6 Å². The zero-order chi connectivity index (χ0) is 14.2. The zero-order valence-corrected chi connectivity index (χ0v) is 13.5. The van der Waals surface area contributed by atoms with Gasteiger partial charge in [0.15, 0.2) is 0 Å². The molecule has 2 rings (SSSR count). The van der Waals surface area contributed by atoms with Gasteiger partial charge in [-0.1, -0.05) is 6.42 Å². The first-order valence-corrected chi connectivity index (χ1v) is 8.86. The second-order valence-corrected chi connectivity index (χ2v) is 9.02. The molecule has 0 spiro atoms. The summed E-state index contributed by atoms with van der Waals surface area (Å²) in [4.78, 5) is 10.9. The Morgan fingerprint density at radius 2 is 2.21 bits per heavy atom. The predicted molar refractivity (Wildman–Crippen MR) is 76.1 cm³/mol. The number of halogens is 1. The van der Waals surface area contributed by atoms with E-state index in [0.717, 1.165) is 30.6 Å². The molecule has 1 N–H and O–H groups in total. The minimum atomic E-state index is -3.62. The van der Waals surface area contributed by atoms with Crippen LogP contribution in [0.4, 0.5) is 0 Å². The quantitative estimate of drug-likeness (QED) is 0.867. The largest absolute Gasteiger partial charge is 0.477 e. The molecule has 0 aromatic carbocycles. The lowest BCUT2D eigenvalue weighted by molar-refractivity contribution is 0.0702. The van der Waals surface area contributed by atoms with E-state index in [-0.39, 0.29) is 9.77 Å². The third kappa shape index (κ3) is 3.01. The van der Waals surface area contributed by atoms with Gasteiger partial charge < -0.3 is 5.11 Å². The molecule has 5 nitrogen and oxygen atoms in total. The van der Waals surface area contributed by atoms with Gasteiger partial charge in [0.05, 0.1) is 3.79 Å². The molecule has 1 heterocycles. The molecule has 1 fully saturated rings. The maximum absolute atomic E-state index is 12.4. The minimum Gasteiger partial charge on any atom is -0.477 e. The molecule has 1 aliphatic rings. The summed E-state index contributed by atoms with van der Waals surface area (Å²) in [5.41, 5.74) is 0. The van der Waals surface area contributed by atoms with Crippen LogP contribution in [-0.2, 0) is 10.0 Å². The van der Waals surface area contributed by atoms with Crippen LogP contribution in [0.5, 0.6) is 0 Å². The fourth-order valence-corrected chi connectivity index (χ4v) is 5.53. The molecule has 0 aliphatic heterocycles. The first-order chi connectivity index (χ1) is 8.82. The van der Waals surface area contributed by atoms with Crippen LogP contribution in [-0.4, -0.2) is 37.4 Å². The van der Waals surface area contributed by atoms with Crippen LogP contribution in [0, 0.1) is 5.92 Å². The summed E-state index contributed by atoms with van der Waals surface area (Å²) in [7, 11) is -2.08. The normalized spacial score (nSPS) is 16.6. The summed E-state index contributed by atoms with van der Waals surface area (Å²) in [6.07, 6.45) is 3.28. The standard InChI is InChI=1S/C11H14BrNO4S2/c1-13(6-7-3-2-4-7)19(16,17)9-5-8(11(14)15)18-10(9)12/h5,7H,2-4,6H2,1H3,(H,14,15). The fraction of sp³-hybridized carbons (Fsp3) is 0.545. The molecule has 8 heteroatoms. The van der Waals surface area contributed by atoms with Crippen molar-refractivity contribution in [1.29, 1.82) is 0 Å². The lowest BCUT2D eigenvalue weighted by Gasteiger charge is -2.29. The summed E-state index contributed by atoms with van der Waals surface area (Å²) in [6.45, 7) is 0.493. The number of hydrogen-bond donors (Lipinski definition) is 1. The summed E-state index contributed by atoms with van der Waals surface area (Å²) < 4.78 is 26.4. The summed E-state index contributed by atoms with van der Waals surface area (Å²) >= 11 is 4.05. The van der Waals surface area contributed by atoms with Crippen molar-refractivity contribution in [2.24, 2.45) is 5.92 Å². The summed E-state index contributed by atoms with van der Waals surface area (Å²) in [5.74, 6) is -0.690. The second-order valence-electron chi connectivity index (χ2n) is 4.64. The van der Waals surface area contributed by atoms with Crippen LogP contribution in [0.1, 0.15) is 28.9 Å². The monoisotopic (exact) mass is 367 g/mol. The number of carbonyl (C=O) groups is 1. The van der Waals surface area contributed by atoms with Gasteiger partial charge in [0.25, 0.3) is 0 Å². The Hall–Kier alpha value is -0.440. The van der Waals surface area contributed by atoms with Gasteiger partial charge in [-0.05, 0) is 40.8 Å². The van der Waals surface area contributed by atoms with Gasteiger partial charge in [0.2, 0.25) is 10.0 Å². The van der Waals surface area contributed by atoms with Gasteiger partial charge in [-0.15, -0.1) is 11.3 Å². The van der Waals surface area contributed by atoms with Crippen molar-refractivity contribution >= 4 is 43.3 Å². The highest BCUT2D eigenvalue weighted by molar-refractivity contribution is 9.11. The Kier molecular flexibility index (Phi) is 4.34. The van der Waals surface area contributed by atoms with Crippen LogP contribution in [0.3, 0.4) is 0 Å². The average Bonchev–Trinajstić information content (AvgIpc) is 2.66. The Morgan fingerprint density at radius 1 is 1.58 bits per heavy atom. The second kappa shape index (κ2) is 5.51. The Bertz CT molecular complexity index is 592. The number of thiophene rings is 1. The Labute approximate surface area is 124 Å². The van der Waals surface area contributed by atoms with Crippen molar-refractivity contribution < 1.29 is 18.3 Å². The van der Waals surface area contributed by atoms with E-state index in [1.54, 1.807) is 0 Å². The van der Waals surface area contributed by atoms with Crippen molar-refractivity contribution in [2.45, 2.75) is 24.2 Å². The highest BCUT2D eigenvalue weighted by Gasteiger charge is 2.30. The molecule has 0 amide bonds. The smallest absolute Gasteiger partial charge is 0.345 e. The van der Waals surface area contributed by atoms with E-state index in [1.807, 2.05) is 0 Å². The number of carboxylic acid groups (broad SMARTS) is 1. The van der Waals surface area contributed by atoms with Gasteiger partial charge in [-0.2, -0.15) is 0 Å². The van der Waals surface area contributed by atoms with Crippen molar-refractivity contribution in [1.82, 2.24) is 4.31 Å². The lowest BCUT2D eigenvalue weighted by atomic mass is 9.86. The SMILES string of the molecule is CN(CC1CCC1)S(=O)(=O)c1cc(C(=O)O)sc1Br. The van der Waals surface area contributed by atoms with E-state index in [9.17, 15) is 13.2 Å². The molecule has 19 heavy (non-hydrogen) atoms. The van der Waals surface area contributed by atoms with Gasteiger partial charge in [-0.25, -0.2) is 17.5 Å². The fourth-order valence-electron chi connectivity index (χ4n) is 1.94. The maximum Gasteiger partial charge on any atom is 0.345 e. The van der Waals surface area contributed by atoms with E-state index >= 15 is 0 Å². The Morgan fingerprint density at radius 3 is 2.63 bits per heavy atom. The molecular formula is C11H14BrNO4S2. The van der Waals surface area contributed by atoms with Crippen LogP contribution >= 0.6 is 27.3 Å². The average molecular weight is 368 g/mol. The topological polar surface area (TPSA) is 74.7 Å². The molecule has 0 unspecified atom stereocenters. The number of rotatable bonds is 5. The van der Waals surface area contributed by atoms with E-state index in [1.165, 1.54) is 17.4 Å². The van der Waals surface area contributed by atoms with Crippen molar-refractivity contribution in [3.63, 3.8) is 0 Å². The molecule has 1 saturated carbocycles. The number of hydrogen-bond acceptors (Lipinski definition) is 4. The molecule has 106 valence electrons. The first kappa shape index (κ1) is 15.0. The van der Waals surface area contributed by atoms with Crippen molar-refractivity contribution in [3.8, 4) is 0 Å². The van der Waals surface area contributed by atoms with Crippen LogP contribution in [0.25, 0.3) is 0 Å². The maximum atomic E-state index is 12.4. The lowest BCUT2D eigenvalue weighted by Crippen LogP contribution is -2.34. The summed E-state index contributed by atoms with van der Waals surface area (Å²) in [6, 6.07) is 1.21. The van der Waals surface area contributed by atoms with Gasteiger partial charge in [0.1, 0.15) is 9.77 Å². The van der Waals surface area contributed by atoms with Gasteiger partial charge >= 0.3 is 5.97 Å². The van der Waals surface area contributed by atoms with Gasteiger partial charge in [-0.3, -0.25) is 0 Å². The summed E-state index contributed by atoms with van der Waals surface area (Å²) in [5, 5.41) is 8.90. The number of nitrogens with zero attached hydrogens (tertiary/aromatic N) is 1. The highest BCUT2D eigenvalue weighted by Crippen LogP contribution is 2.34. The van der Waals surface area contributed by atoms with E-state index < -0.39 is 16.0 Å². The van der Waals surface area contributed by atoms with E-state index in [2.05, 4.69) is 15.9 Å². The van der Waals surface area contributed by atoms with Crippen molar-refractivity contribution in [3.05, 3.63) is 14.7 Å². The molecule has 0 radical (unpaired) electrons. The Balaban J connectivity index is 2.25. The third-order valence-electron chi connectivity index (χ3n) is 3.29. The minimum absolute atomic E-state index is 0.0162. The molecule has 1 aromatic heterocycles. The molecule has 1 aliphatic carbocycles. The van der Waals surface area contributed by atoms with Crippen molar-refractivity contribution in [2.75, 3.05) is 13.6 Å². The first-order valence-electron chi connectivity index (χ1n) is 5.81. The predicted octanol–water partition coefficient (Wildman–Crippen LogP) is 2.63. The van der Waals surface area contributed by atoms with Crippen LogP contribution in [0.2, 0.25) is 0 Å². The third-order valence-corrected chi connectivity index (χ3v) is 7.36. The number of carboxylic acids is 1. The number of sulfonamides is 1. The number of aromatic carboxylic acids is 1. The molecule has 1 aromatic rings. The molecule has 0 saturated heterocycles. The zero-order valence-electron chi connectivity index (χ0n) is 10.3. The van der Waals surface area contributed by atoms with Crippen LogP contribution in [0.15, 0.2) is 14.7 Å². The van der Waals surface area contributed by atoms with E-state index in [4.69, 9.17) is 5.11 Å². The van der Waals surface area contributed by atoms with E-state index in [0.29, 0.717) is 16.2 Å². The van der Waals surface area contributed by atoms with Crippen LogP contribution < -0.4 is 0 Å². The molecule has 0 atom stereocenters. The molecule has 0 bridgehead atoms. The molecular weight excluding hydrogens is 354 g/mol.